The summed E-state index contributed by atoms with van der Waals surface area (Å²) in [6, 6.07) is 2.99. The van der Waals surface area contributed by atoms with Gasteiger partial charge in [0.2, 0.25) is 0 Å². The fraction of sp³-hybridized carbons (Fsp3) is 0.467. The number of carbonyl (C=O) groups excluding carboxylic acids is 1. The Morgan fingerprint density at radius 3 is 2.70 bits per heavy atom. The second-order valence-corrected chi connectivity index (χ2v) is 5.08. The minimum atomic E-state index is -0.482. The van der Waals surface area contributed by atoms with Crippen LogP contribution in [0.3, 0.4) is 0 Å². The highest BCUT2D eigenvalue weighted by atomic mass is 16.5. The molecule has 0 aliphatic heterocycles. The molecule has 2 aromatic rings. The molecule has 0 fully saturated rings. The Hall–Kier alpha value is -2.48. The smallest absolute Gasteiger partial charge is 0.332 e. The van der Waals surface area contributed by atoms with Gasteiger partial charge in [0.1, 0.15) is 11.3 Å². The van der Waals surface area contributed by atoms with Crippen molar-refractivity contribution < 1.29 is 9.53 Å². The lowest BCUT2D eigenvalue weighted by Gasteiger charge is -2.09. The number of carbonyl (C=O) groups is 1. The zero-order chi connectivity index (χ0) is 17.0. The number of aryl methyl sites for hydroxylation is 1. The maximum atomic E-state index is 12.1. The lowest BCUT2D eigenvalue weighted by Crippen LogP contribution is -2.37. The van der Waals surface area contributed by atoms with E-state index in [0.29, 0.717) is 31.6 Å². The number of pyridine rings is 1. The molecule has 8 nitrogen and oxygen atoms in total. The number of hydrogen-bond donors (Lipinski definition) is 1. The molecule has 0 bridgehead atoms. The summed E-state index contributed by atoms with van der Waals surface area (Å²) < 4.78 is 7.45. The van der Waals surface area contributed by atoms with E-state index < -0.39 is 11.2 Å². The number of rotatable bonds is 6. The Morgan fingerprint density at radius 2 is 2.00 bits per heavy atom. The van der Waals surface area contributed by atoms with Gasteiger partial charge < -0.3 is 10.1 Å². The van der Waals surface area contributed by atoms with Gasteiger partial charge in [-0.05, 0) is 25.5 Å². The summed E-state index contributed by atoms with van der Waals surface area (Å²) in [6.07, 6.45) is 0.701. The molecule has 2 heterocycles. The van der Waals surface area contributed by atoms with Crippen LogP contribution in [0.5, 0.6) is 0 Å². The van der Waals surface area contributed by atoms with E-state index in [9.17, 15) is 14.4 Å². The highest BCUT2D eigenvalue weighted by Gasteiger charge is 2.13. The molecular weight excluding hydrogens is 300 g/mol. The molecule has 0 spiro atoms. The summed E-state index contributed by atoms with van der Waals surface area (Å²) in [5, 5.41) is 3.02. The van der Waals surface area contributed by atoms with Gasteiger partial charge in [-0.2, -0.15) is 0 Å². The van der Waals surface area contributed by atoms with Crippen LogP contribution in [0, 0.1) is 0 Å². The highest BCUT2D eigenvalue weighted by molar-refractivity contribution is 5.94. The first-order valence-corrected chi connectivity index (χ1v) is 7.40. The molecule has 1 amide bonds. The summed E-state index contributed by atoms with van der Waals surface area (Å²) >= 11 is 0. The van der Waals surface area contributed by atoms with Crippen LogP contribution in [0.15, 0.2) is 21.7 Å². The minimum Gasteiger partial charge on any atom is -0.382 e. The molecule has 0 radical (unpaired) electrons. The number of hydrogen-bond acceptors (Lipinski definition) is 5. The van der Waals surface area contributed by atoms with Crippen molar-refractivity contribution in [2.24, 2.45) is 14.1 Å². The van der Waals surface area contributed by atoms with E-state index in [4.69, 9.17) is 4.74 Å². The molecule has 0 saturated carbocycles. The van der Waals surface area contributed by atoms with E-state index >= 15 is 0 Å². The molecule has 124 valence electrons. The Bertz CT molecular complexity index is 838. The minimum absolute atomic E-state index is 0.164. The fourth-order valence-corrected chi connectivity index (χ4v) is 2.19. The molecule has 2 aromatic heterocycles. The number of amides is 1. The third-order valence-corrected chi connectivity index (χ3v) is 3.49. The average molecular weight is 320 g/mol. The van der Waals surface area contributed by atoms with Crippen LogP contribution >= 0.6 is 0 Å². The van der Waals surface area contributed by atoms with Crippen LogP contribution in [-0.4, -0.2) is 39.8 Å². The maximum Gasteiger partial charge on any atom is 0.332 e. The van der Waals surface area contributed by atoms with Gasteiger partial charge >= 0.3 is 5.69 Å². The molecule has 0 aromatic carbocycles. The molecule has 0 saturated heterocycles. The third-order valence-electron chi connectivity index (χ3n) is 3.49. The van der Waals surface area contributed by atoms with Crippen molar-refractivity contribution in [1.29, 1.82) is 0 Å². The zero-order valence-electron chi connectivity index (χ0n) is 13.5. The summed E-state index contributed by atoms with van der Waals surface area (Å²) in [7, 11) is 2.92. The van der Waals surface area contributed by atoms with Gasteiger partial charge in [-0.25, -0.2) is 9.78 Å². The molecule has 0 aliphatic carbocycles. The van der Waals surface area contributed by atoms with Crippen molar-refractivity contribution in [3.63, 3.8) is 0 Å². The lowest BCUT2D eigenvalue weighted by atomic mass is 10.2. The van der Waals surface area contributed by atoms with Crippen molar-refractivity contribution in [3.05, 3.63) is 38.7 Å². The van der Waals surface area contributed by atoms with Gasteiger partial charge in [0.15, 0.2) is 0 Å². The molecule has 0 atom stereocenters. The van der Waals surface area contributed by atoms with E-state index in [0.717, 1.165) is 4.57 Å². The van der Waals surface area contributed by atoms with Crippen LogP contribution in [-0.2, 0) is 18.8 Å². The fourth-order valence-electron chi connectivity index (χ4n) is 2.19. The summed E-state index contributed by atoms with van der Waals surface area (Å²) in [4.78, 5) is 40.2. The third kappa shape index (κ3) is 3.48. The normalized spacial score (nSPS) is 10.9. The number of nitrogens with one attached hydrogen (secondary N) is 1. The van der Waals surface area contributed by atoms with Crippen LogP contribution in [0.2, 0.25) is 0 Å². The van der Waals surface area contributed by atoms with E-state index in [2.05, 4.69) is 10.3 Å². The SMILES string of the molecule is CCOCCCNC(=O)c1ccc2c(=O)n(C)c(=O)n(C)c2n1. The van der Waals surface area contributed by atoms with E-state index in [1.54, 1.807) is 0 Å². The maximum absolute atomic E-state index is 12.1. The first kappa shape index (κ1) is 16.9. The number of fused-ring (bicyclic) bond motifs is 1. The van der Waals surface area contributed by atoms with Crippen molar-refractivity contribution >= 4 is 16.9 Å². The molecule has 23 heavy (non-hydrogen) atoms. The van der Waals surface area contributed by atoms with E-state index in [-0.39, 0.29) is 17.2 Å². The predicted octanol–water partition coefficient (Wildman–Crippen LogP) is -0.211. The lowest BCUT2D eigenvalue weighted by molar-refractivity contribution is 0.0939. The molecule has 0 aliphatic rings. The Labute approximate surface area is 132 Å². The highest BCUT2D eigenvalue weighted by Crippen LogP contribution is 2.06. The second-order valence-electron chi connectivity index (χ2n) is 5.08. The van der Waals surface area contributed by atoms with Gasteiger partial charge in [-0.15, -0.1) is 0 Å². The van der Waals surface area contributed by atoms with Gasteiger partial charge in [0.05, 0.1) is 5.39 Å². The van der Waals surface area contributed by atoms with Crippen LogP contribution in [0.25, 0.3) is 11.0 Å². The van der Waals surface area contributed by atoms with Crippen molar-refractivity contribution in [3.8, 4) is 0 Å². The average Bonchev–Trinajstić information content (AvgIpc) is 2.57. The number of nitrogens with zero attached hydrogens (tertiary/aromatic N) is 3. The van der Waals surface area contributed by atoms with Gasteiger partial charge in [-0.1, -0.05) is 0 Å². The largest absolute Gasteiger partial charge is 0.382 e. The summed E-state index contributed by atoms with van der Waals surface area (Å²) in [5.41, 5.74) is -0.555. The summed E-state index contributed by atoms with van der Waals surface area (Å²) in [5.74, 6) is -0.350. The van der Waals surface area contributed by atoms with Gasteiger partial charge in [0.25, 0.3) is 11.5 Å². The quantitative estimate of drug-likeness (QED) is 0.743. The number of ether oxygens (including phenoxy) is 1. The molecular formula is C15H20N4O4. The van der Waals surface area contributed by atoms with Crippen molar-refractivity contribution in [2.45, 2.75) is 13.3 Å². The Balaban J connectivity index is 2.25. The van der Waals surface area contributed by atoms with E-state index in [1.165, 1.54) is 30.8 Å². The van der Waals surface area contributed by atoms with Crippen LogP contribution < -0.4 is 16.6 Å². The van der Waals surface area contributed by atoms with Crippen molar-refractivity contribution in [2.75, 3.05) is 19.8 Å². The van der Waals surface area contributed by atoms with Gasteiger partial charge in [0, 0.05) is 33.9 Å². The molecule has 8 heteroatoms. The standard InChI is InChI=1S/C15H20N4O4/c1-4-23-9-5-8-16-13(20)11-7-6-10-12(17-11)18(2)15(22)19(3)14(10)21/h6-7H,4-5,8-9H2,1-3H3,(H,16,20). The Kier molecular flexibility index (Phi) is 5.28. The molecule has 0 unspecified atom stereocenters. The van der Waals surface area contributed by atoms with Gasteiger partial charge in [-0.3, -0.25) is 18.7 Å². The topological polar surface area (TPSA) is 95.2 Å². The predicted molar refractivity (Wildman–Crippen MR) is 85.7 cm³/mol. The first-order valence-electron chi connectivity index (χ1n) is 7.40. The Morgan fingerprint density at radius 1 is 1.26 bits per heavy atom. The summed E-state index contributed by atoms with van der Waals surface area (Å²) in [6.45, 7) is 3.59. The number of aromatic nitrogens is 3. The first-order chi connectivity index (χ1) is 11.0. The van der Waals surface area contributed by atoms with Crippen LogP contribution in [0.4, 0.5) is 0 Å². The molecule has 1 N–H and O–H groups in total. The monoisotopic (exact) mass is 320 g/mol. The second kappa shape index (κ2) is 7.19. The zero-order valence-corrected chi connectivity index (χ0v) is 13.5. The van der Waals surface area contributed by atoms with E-state index in [1.807, 2.05) is 6.92 Å². The molecule has 2 rings (SSSR count). The van der Waals surface area contributed by atoms with Crippen molar-refractivity contribution in [1.82, 2.24) is 19.4 Å². The van der Waals surface area contributed by atoms with Crippen LogP contribution in [0.1, 0.15) is 23.8 Å².